The van der Waals surface area contributed by atoms with Crippen LogP contribution in [0, 0.1) is 0 Å². The number of aromatic nitrogens is 2. The van der Waals surface area contributed by atoms with Gasteiger partial charge in [0.25, 0.3) is 0 Å². The number of carbonyl (C=O) groups excluding carboxylic acids is 1. The van der Waals surface area contributed by atoms with Crippen molar-refractivity contribution in [1.29, 1.82) is 0 Å². The number of nitrogens with one attached hydrogen (secondary N) is 1. The zero-order valence-electron chi connectivity index (χ0n) is 10.6. The van der Waals surface area contributed by atoms with Gasteiger partial charge in [-0.05, 0) is 0 Å². The molecule has 3 aromatic rings. The van der Waals surface area contributed by atoms with Gasteiger partial charge in [0, 0.05) is 0 Å². The molecule has 21 heavy (non-hydrogen) atoms. The number of carboxylic acid groups (broad SMARTS) is 1. The molecule has 1 aromatic heterocycles. The molecule has 2 aromatic carbocycles. The Balaban J connectivity index is 1.97. The van der Waals surface area contributed by atoms with Crippen LogP contribution in [-0.4, -0.2) is 39.9 Å². The maximum atomic E-state index is 12.3. The van der Waals surface area contributed by atoms with Crippen molar-refractivity contribution >= 4 is 43.6 Å². The summed E-state index contributed by atoms with van der Waals surface area (Å²) in [6, 6.07) is 11.4. The number of carboxylic acids is 1. The first-order valence-electron chi connectivity index (χ1n) is 6.02. The first-order valence-corrected chi connectivity index (χ1v) is 7.55. The number of hydrogen-bond donors (Lipinski definition) is 2. The van der Waals surface area contributed by atoms with Crippen molar-refractivity contribution in [2.75, 3.05) is 5.32 Å². The van der Waals surface area contributed by atoms with Crippen LogP contribution in [0.25, 0.3) is 11.0 Å². The molecule has 0 aliphatic heterocycles. The monoisotopic (exact) mass is 347 g/mol. The average molecular weight is 346 g/mol. The maximum absolute atomic E-state index is 12.3. The number of fused-ring (bicyclic) bond motifs is 1. The fraction of sp³-hybridized carbons (Fsp3) is 0. The molecule has 2 N–H and O–H groups in total. The van der Waals surface area contributed by atoms with Crippen LogP contribution in [0.15, 0.2) is 42.5 Å². The molecule has 104 valence electrons. The van der Waals surface area contributed by atoms with Crippen molar-refractivity contribution < 1.29 is 14.7 Å². The molecular weight excluding hydrogens is 337 g/mol. The zero-order valence-corrected chi connectivity index (χ0v) is 12.3. The van der Waals surface area contributed by atoms with Crippen LogP contribution >= 0.6 is 0 Å². The third-order valence-electron chi connectivity index (χ3n) is 2.94. The van der Waals surface area contributed by atoms with Gasteiger partial charge in [-0.15, -0.1) is 0 Å². The Morgan fingerprint density at radius 1 is 1.00 bits per heavy atom. The zero-order chi connectivity index (χ0) is 14.8. The van der Waals surface area contributed by atoms with Gasteiger partial charge in [-0.25, -0.2) is 0 Å². The van der Waals surface area contributed by atoms with Crippen LogP contribution in [0.2, 0.25) is 0 Å². The van der Waals surface area contributed by atoms with Crippen LogP contribution in [0.3, 0.4) is 0 Å². The van der Waals surface area contributed by atoms with Crippen LogP contribution in [0.1, 0.15) is 20.7 Å². The van der Waals surface area contributed by atoms with Crippen molar-refractivity contribution in [2.24, 2.45) is 0 Å². The molecule has 0 bridgehead atoms. The molecule has 0 saturated carbocycles. The van der Waals surface area contributed by atoms with E-state index in [2.05, 4.69) is 13.3 Å². The summed E-state index contributed by atoms with van der Waals surface area (Å²) in [5, 5.41) is 11.8. The quantitative estimate of drug-likeness (QED) is 0.704. The van der Waals surface area contributed by atoms with Crippen molar-refractivity contribution in [2.45, 2.75) is 0 Å². The molecule has 0 aliphatic rings. The Morgan fingerprint density at radius 2 is 1.76 bits per heavy atom. The number of amides is 1. The van der Waals surface area contributed by atoms with Gasteiger partial charge >= 0.3 is 125 Å². The summed E-state index contributed by atoms with van der Waals surface area (Å²) in [7, 11) is 0. The normalized spacial score (nSPS) is 10.5. The molecule has 1 amide bonds. The minimum absolute atomic E-state index is 0.0339. The summed E-state index contributed by atoms with van der Waals surface area (Å²) in [4.78, 5) is 23.5. The Hall–Kier alpha value is -2.50. The second-order valence-corrected chi connectivity index (χ2v) is 5.35. The van der Waals surface area contributed by atoms with Crippen LogP contribution in [0.5, 0.6) is 0 Å². The third-order valence-corrected chi connectivity index (χ3v) is 4.07. The molecule has 6 nitrogen and oxygen atoms in total. The van der Waals surface area contributed by atoms with E-state index in [9.17, 15) is 9.59 Å². The van der Waals surface area contributed by atoms with E-state index in [0.717, 1.165) is 5.52 Å². The van der Waals surface area contributed by atoms with Gasteiger partial charge in [0.1, 0.15) is 0 Å². The van der Waals surface area contributed by atoms with E-state index in [1.54, 1.807) is 24.3 Å². The van der Waals surface area contributed by atoms with Crippen LogP contribution in [0.4, 0.5) is 5.69 Å². The fourth-order valence-corrected chi connectivity index (χ4v) is 3.12. The molecule has 1 heterocycles. The molecule has 0 atom stereocenters. The summed E-state index contributed by atoms with van der Waals surface area (Å²) < 4.78 is 8.50. The second kappa shape index (κ2) is 5.47. The molecule has 0 unspecified atom stereocenters. The van der Waals surface area contributed by atoms with Crippen molar-refractivity contribution in [1.82, 2.24) is 7.96 Å². The van der Waals surface area contributed by atoms with E-state index in [0.29, 0.717) is 11.2 Å². The molecule has 0 radical (unpaired) electrons. The Labute approximate surface area is 125 Å². The number of carbonyl (C=O) groups is 2. The minimum atomic E-state index is -1.14. The van der Waals surface area contributed by atoms with E-state index in [1.165, 1.54) is 12.1 Å². The summed E-state index contributed by atoms with van der Waals surface area (Å²) >= 11 is -0.192. The average Bonchev–Trinajstić information content (AvgIpc) is 2.96. The molecule has 3 rings (SSSR count). The first-order chi connectivity index (χ1) is 10.2. The van der Waals surface area contributed by atoms with Gasteiger partial charge in [-0.3, -0.25) is 0 Å². The van der Waals surface area contributed by atoms with E-state index in [4.69, 9.17) is 5.11 Å². The van der Waals surface area contributed by atoms with Gasteiger partial charge in [-0.2, -0.15) is 0 Å². The van der Waals surface area contributed by atoms with Gasteiger partial charge in [-0.1, -0.05) is 0 Å². The molecule has 7 heteroatoms. The Bertz CT molecular complexity index is 844. The number of aromatic carboxylic acids is 1. The molecule has 0 saturated heterocycles. The first kappa shape index (κ1) is 13.5. The van der Waals surface area contributed by atoms with Crippen molar-refractivity contribution in [3.8, 4) is 0 Å². The van der Waals surface area contributed by atoms with E-state index in [1.807, 2.05) is 6.07 Å². The number of rotatable bonds is 3. The van der Waals surface area contributed by atoms with Gasteiger partial charge in [0.05, 0.1) is 0 Å². The summed E-state index contributed by atoms with van der Waals surface area (Å²) in [5.41, 5.74) is 2.02. The van der Waals surface area contributed by atoms with E-state index < -0.39 is 11.9 Å². The van der Waals surface area contributed by atoms with E-state index in [-0.39, 0.29) is 26.1 Å². The number of nitrogens with zero attached hydrogens (tertiary/aromatic N) is 2. The SMILES string of the molecule is O=C(O)c1ccccc1C(=O)Nc1cccc2n[se]nc12. The predicted octanol–water partition coefficient (Wildman–Crippen LogP) is 1.64. The van der Waals surface area contributed by atoms with Gasteiger partial charge in [0.2, 0.25) is 0 Å². The summed E-state index contributed by atoms with van der Waals surface area (Å²) in [6.07, 6.45) is 0. The second-order valence-electron chi connectivity index (χ2n) is 4.24. The van der Waals surface area contributed by atoms with Crippen LogP contribution < -0.4 is 5.32 Å². The van der Waals surface area contributed by atoms with Crippen molar-refractivity contribution in [3.05, 3.63) is 53.6 Å². The third kappa shape index (κ3) is 2.56. The van der Waals surface area contributed by atoms with Crippen LogP contribution in [-0.2, 0) is 0 Å². The standard InChI is InChI=1S/C14H9N3O3Se/c18-13(8-4-1-2-5-9(8)14(19)20)15-10-6-3-7-11-12(10)17-21-16-11/h1-7H,(H,15,18)(H,19,20). The number of anilines is 1. The predicted molar refractivity (Wildman–Crippen MR) is 77.8 cm³/mol. The Morgan fingerprint density at radius 3 is 2.52 bits per heavy atom. The van der Waals surface area contributed by atoms with Gasteiger partial charge in [0.15, 0.2) is 0 Å². The fourth-order valence-electron chi connectivity index (χ4n) is 1.96. The Kier molecular flexibility index (Phi) is 3.51. The number of benzene rings is 2. The molecule has 0 fully saturated rings. The van der Waals surface area contributed by atoms with E-state index >= 15 is 0 Å². The van der Waals surface area contributed by atoms with Crippen molar-refractivity contribution in [3.63, 3.8) is 0 Å². The summed E-state index contributed by atoms with van der Waals surface area (Å²) in [6.45, 7) is 0. The topological polar surface area (TPSA) is 92.2 Å². The molecular formula is C14H9N3O3Se. The molecule has 0 spiro atoms. The molecule has 0 aliphatic carbocycles. The summed E-state index contributed by atoms with van der Waals surface area (Å²) in [5.74, 6) is -1.61. The van der Waals surface area contributed by atoms with Gasteiger partial charge < -0.3 is 0 Å². The number of hydrogen-bond acceptors (Lipinski definition) is 4.